The number of aliphatic carboxylic acids is 1. The van der Waals surface area contributed by atoms with Crippen LogP contribution in [-0.4, -0.2) is 40.3 Å². The van der Waals surface area contributed by atoms with E-state index in [1.165, 1.54) is 6.20 Å². The zero-order valence-electron chi connectivity index (χ0n) is 20.1. The average Bonchev–Trinajstić information content (AvgIpc) is 2.96. The molecule has 2 atom stereocenters. The number of ether oxygens (including phenoxy) is 2. The van der Waals surface area contributed by atoms with E-state index < -0.39 is 5.97 Å². The van der Waals surface area contributed by atoms with Gasteiger partial charge in [0.25, 0.3) is 0 Å². The third-order valence-electron chi connectivity index (χ3n) is 6.05. The van der Waals surface area contributed by atoms with Crippen molar-refractivity contribution in [1.29, 1.82) is 0 Å². The first-order chi connectivity index (χ1) is 16.9. The van der Waals surface area contributed by atoms with Crippen molar-refractivity contribution in [2.75, 3.05) is 13.2 Å². The van der Waals surface area contributed by atoms with Gasteiger partial charge in [-0.25, -0.2) is 0 Å². The molecule has 1 aromatic carbocycles. The van der Waals surface area contributed by atoms with Gasteiger partial charge in [-0.1, -0.05) is 36.4 Å². The second-order valence-corrected chi connectivity index (χ2v) is 9.13. The number of hydrogen-bond donors (Lipinski definition) is 2. The lowest BCUT2D eigenvalue weighted by Gasteiger charge is -2.22. The van der Waals surface area contributed by atoms with Gasteiger partial charge in [0.1, 0.15) is 11.5 Å². The molecule has 0 spiro atoms. The predicted molar refractivity (Wildman–Crippen MR) is 133 cm³/mol. The topological polar surface area (TPSA) is 93.3 Å². The smallest absolute Gasteiger partial charge is 0.303 e. The lowest BCUT2D eigenvalue weighted by molar-refractivity contribution is -0.137. The number of aromatic nitrogens is 1. The van der Waals surface area contributed by atoms with Gasteiger partial charge in [-0.3, -0.25) is 9.79 Å². The lowest BCUT2D eigenvalue weighted by Crippen LogP contribution is -2.19. The highest BCUT2D eigenvalue weighted by Gasteiger charge is 2.27. The molecule has 2 aromatic rings. The quantitative estimate of drug-likeness (QED) is 0.395. The van der Waals surface area contributed by atoms with Gasteiger partial charge in [0, 0.05) is 37.2 Å². The Kier molecular flexibility index (Phi) is 7.75. The molecule has 0 amide bonds. The molecule has 2 N–H and O–H groups in total. The maximum atomic E-state index is 11.4. The summed E-state index contributed by atoms with van der Waals surface area (Å²) in [7, 11) is 0. The zero-order valence-corrected chi connectivity index (χ0v) is 20.1. The van der Waals surface area contributed by atoms with E-state index in [-0.39, 0.29) is 24.4 Å². The monoisotopic (exact) mass is 476 g/mol. The Labute approximate surface area is 205 Å². The van der Waals surface area contributed by atoms with Gasteiger partial charge in [-0.15, -0.1) is 0 Å². The van der Waals surface area contributed by atoms with Crippen molar-refractivity contribution in [3.8, 4) is 5.75 Å². The summed E-state index contributed by atoms with van der Waals surface area (Å²) in [6.07, 6.45) is 11.4. The van der Waals surface area contributed by atoms with E-state index in [1.54, 1.807) is 12.1 Å². The number of carbonyl (C=O) groups is 1. The molecule has 0 aliphatic heterocycles. The first-order valence-electron chi connectivity index (χ1n) is 12.0. The fourth-order valence-electron chi connectivity index (χ4n) is 4.50. The van der Waals surface area contributed by atoms with Crippen molar-refractivity contribution < 1.29 is 24.6 Å². The molecule has 7 nitrogen and oxygen atoms in total. The van der Waals surface area contributed by atoms with E-state index in [4.69, 9.17) is 9.47 Å². The van der Waals surface area contributed by atoms with E-state index in [9.17, 15) is 15.1 Å². The van der Waals surface area contributed by atoms with E-state index in [0.29, 0.717) is 30.8 Å². The van der Waals surface area contributed by atoms with Crippen LogP contribution in [0.4, 0.5) is 0 Å². The van der Waals surface area contributed by atoms with Gasteiger partial charge < -0.3 is 19.8 Å². The number of carboxylic acids is 1. The summed E-state index contributed by atoms with van der Waals surface area (Å²) in [6.45, 7) is 4.88. The van der Waals surface area contributed by atoms with Crippen molar-refractivity contribution in [3.05, 3.63) is 88.8 Å². The highest BCUT2D eigenvalue weighted by Crippen LogP contribution is 2.40. The standard InChI is InChI=1S/C28H32N2O5/c1-19(2)35-25-10-12-30(33)27(18-25)29-11-5-13-34-24-9-8-20-14-23(17-28(31)32)26-7-4-3-6-21(26)15-22(20)16-24/h3-4,6-10,12,15-16,18-20,23,33H,5,11,13-14,17H2,1-2H3,(H,31,32)/t20-,23?/m1/s1. The first-order valence-corrected chi connectivity index (χ1v) is 12.0. The summed E-state index contributed by atoms with van der Waals surface area (Å²) in [5, 5.41) is 19.4. The molecule has 1 heterocycles. The molecule has 0 radical (unpaired) electrons. The Morgan fingerprint density at radius 2 is 2.06 bits per heavy atom. The van der Waals surface area contributed by atoms with Crippen LogP contribution < -0.4 is 10.2 Å². The molecule has 0 fully saturated rings. The number of allylic oxidation sites excluding steroid dienone is 4. The molecule has 0 saturated carbocycles. The molecule has 1 unspecified atom stereocenters. The van der Waals surface area contributed by atoms with Crippen LogP contribution >= 0.6 is 0 Å². The van der Waals surface area contributed by atoms with Crippen LogP contribution in [0.5, 0.6) is 5.75 Å². The summed E-state index contributed by atoms with van der Waals surface area (Å²) in [5.41, 5.74) is 3.73. The van der Waals surface area contributed by atoms with Crippen LogP contribution in [0.3, 0.4) is 0 Å². The highest BCUT2D eigenvalue weighted by atomic mass is 16.5. The molecule has 1 aromatic heterocycles. The summed E-state index contributed by atoms with van der Waals surface area (Å²) < 4.78 is 12.6. The summed E-state index contributed by atoms with van der Waals surface area (Å²) in [5.74, 6) is 0.809. The number of nitrogens with zero attached hydrogens (tertiary/aromatic N) is 2. The van der Waals surface area contributed by atoms with Crippen LogP contribution in [0, 0.1) is 5.92 Å². The summed E-state index contributed by atoms with van der Waals surface area (Å²) >= 11 is 0. The van der Waals surface area contributed by atoms with Crippen LogP contribution in [-0.2, 0) is 9.53 Å². The Hall–Kier alpha value is -3.74. The van der Waals surface area contributed by atoms with E-state index in [1.807, 2.05) is 44.2 Å². The molecule has 0 saturated heterocycles. The van der Waals surface area contributed by atoms with Crippen LogP contribution in [0.1, 0.15) is 50.2 Å². The second-order valence-electron chi connectivity index (χ2n) is 9.13. The van der Waals surface area contributed by atoms with Crippen molar-refractivity contribution in [3.63, 3.8) is 0 Å². The first kappa shape index (κ1) is 24.4. The SMILES string of the molecule is CC(C)Oc1ccn(O)c(=NCCCOC2=CC3=Cc4ccccc4C(CC(=O)O)C[C@H]3C=C2)c1. The molecule has 7 heteroatoms. The van der Waals surface area contributed by atoms with Gasteiger partial charge in [-0.05, 0) is 55.0 Å². The van der Waals surface area contributed by atoms with E-state index >= 15 is 0 Å². The number of pyridine rings is 1. The Morgan fingerprint density at radius 3 is 2.86 bits per heavy atom. The van der Waals surface area contributed by atoms with E-state index in [0.717, 1.165) is 33.6 Å². The van der Waals surface area contributed by atoms with Crippen molar-refractivity contribution in [2.24, 2.45) is 10.9 Å². The Morgan fingerprint density at radius 1 is 1.23 bits per heavy atom. The molecule has 4 rings (SSSR count). The normalized spacial score (nSPS) is 19.3. The van der Waals surface area contributed by atoms with E-state index in [2.05, 4.69) is 23.2 Å². The molecule has 0 bridgehead atoms. The largest absolute Gasteiger partial charge is 0.494 e. The van der Waals surface area contributed by atoms with Gasteiger partial charge in [0.05, 0.1) is 19.1 Å². The van der Waals surface area contributed by atoms with Crippen molar-refractivity contribution in [2.45, 2.75) is 45.1 Å². The maximum absolute atomic E-state index is 11.4. The van der Waals surface area contributed by atoms with Gasteiger partial charge in [0.2, 0.25) is 0 Å². The number of rotatable bonds is 9. The van der Waals surface area contributed by atoms with Crippen LogP contribution in [0.15, 0.2) is 77.1 Å². The molecular weight excluding hydrogens is 444 g/mol. The molecule has 35 heavy (non-hydrogen) atoms. The average molecular weight is 477 g/mol. The maximum Gasteiger partial charge on any atom is 0.303 e. The fraction of sp³-hybridized carbons (Fsp3) is 0.357. The van der Waals surface area contributed by atoms with Gasteiger partial charge >= 0.3 is 5.97 Å². The molecule has 184 valence electrons. The zero-order chi connectivity index (χ0) is 24.8. The third-order valence-corrected chi connectivity index (χ3v) is 6.05. The fourth-order valence-corrected chi connectivity index (χ4v) is 4.50. The predicted octanol–water partition coefficient (Wildman–Crippen LogP) is 4.94. The minimum Gasteiger partial charge on any atom is -0.494 e. The summed E-state index contributed by atoms with van der Waals surface area (Å²) in [4.78, 5) is 15.9. The number of benzene rings is 1. The second kappa shape index (κ2) is 11.1. The number of fused-ring (bicyclic) bond motifs is 2. The Bertz CT molecular complexity index is 1220. The summed E-state index contributed by atoms with van der Waals surface area (Å²) in [6, 6.07) is 11.4. The Balaban J connectivity index is 1.38. The third kappa shape index (κ3) is 6.44. The lowest BCUT2D eigenvalue weighted by atomic mass is 9.83. The van der Waals surface area contributed by atoms with Crippen molar-refractivity contribution in [1.82, 2.24) is 4.73 Å². The molecule has 2 aliphatic rings. The number of carboxylic acid groups (broad SMARTS) is 1. The van der Waals surface area contributed by atoms with Crippen molar-refractivity contribution >= 4 is 12.0 Å². The highest BCUT2D eigenvalue weighted by molar-refractivity contribution is 5.70. The van der Waals surface area contributed by atoms with Crippen LogP contribution in [0.2, 0.25) is 0 Å². The minimum atomic E-state index is -0.774. The van der Waals surface area contributed by atoms with Crippen LogP contribution in [0.25, 0.3) is 6.08 Å². The number of hydrogen-bond acceptors (Lipinski definition) is 5. The van der Waals surface area contributed by atoms with Gasteiger partial charge in [-0.2, -0.15) is 4.73 Å². The molecular formula is C28H32N2O5. The van der Waals surface area contributed by atoms with Gasteiger partial charge in [0.15, 0.2) is 5.49 Å². The molecule has 2 aliphatic carbocycles. The minimum absolute atomic E-state index is 0.0247.